The first kappa shape index (κ1) is 31.6. The summed E-state index contributed by atoms with van der Waals surface area (Å²) in [4.78, 5) is 36.9. The Bertz CT molecular complexity index is 1410. The van der Waals surface area contributed by atoms with Gasteiger partial charge in [0.25, 0.3) is 5.91 Å². The number of ether oxygens (including phenoxy) is 3. The van der Waals surface area contributed by atoms with Crippen molar-refractivity contribution in [2.45, 2.75) is 27.2 Å². The van der Waals surface area contributed by atoms with E-state index in [-0.39, 0.29) is 12.5 Å². The Morgan fingerprint density at radius 1 is 0.854 bits per heavy atom. The quantitative estimate of drug-likeness (QED) is 0.125. The molecule has 10 nitrogen and oxygen atoms in total. The van der Waals surface area contributed by atoms with Crippen molar-refractivity contribution < 1.29 is 28.6 Å². The number of benzene rings is 3. The van der Waals surface area contributed by atoms with E-state index in [0.29, 0.717) is 51.9 Å². The molecule has 0 fully saturated rings. The molecule has 0 unspecified atom stereocenters. The number of carbonyl (C=O) groups excluding carboxylic acids is 3. The molecule has 0 radical (unpaired) electrons. The lowest BCUT2D eigenvalue weighted by molar-refractivity contribution is -0.136. The number of halogens is 2. The SMILES string of the molecule is CCCOc1ccc(NC(=O)C(=O)N/N=C\c2cc(Br)c(OCC(=O)Nc3ccc(Br)c(C)c3)c(OCC)c2)cc1. The molecule has 0 aliphatic heterocycles. The lowest BCUT2D eigenvalue weighted by Crippen LogP contribution is -2.32. The molecule has 0 saturated carbocycles. The maximum Gasteiger partial charge on any atom is 0.329 e. The number of hydrogen-bond donors (Lipinski definition) is 3. The monoisotopic (exact) mass is 688 g/mol. The largest absolute Gasteiger partial charge is 0.494 e. The molecule has 3 aromatic carbocycles. The third-order valence-corrected chi connectivity index (χ3v) is 6.77. The van der Waals surface area contributed by atoms with Gasteiger partial charge in [-0.2, -0.15) is 5.10 Å². The molecule has 0 saturated heterocycles. The Labute approximate surface area is 255 Å². The van der Waals surface area contributed by atoms with Gasteiger partial charge in [-0.25, -0.2) is 5.43 Å². The second-order valence-corrected chi connectivity index (χ2v) is 10.3. The molecule has 0 atom stereocenters. The Hall–Kier alpha value is -3.90. The number of rotatable bonds is 12. The van der Waals surface area contributed by atoms with Crippen molar-refractivity contribution in [3.8, 4) is 17.2 Å². The van der Waals surface area contributed by atoms with Gasteiger partial charge in [-0.05, 0) is 102 Å². The standard InChI is InChI=1S/C29H30Br2N4O6/c1-4-12-40-22-9-6-20(7-10-22)34-28(37)29(38)35-32-16-19-14-24(31)27(25(15-19)39-5-2)41-17-26(36)33-21-8-11-23(30)18(3)13-21/h6-11,13-16H,4-5,12,17H2,1-3H3,(H,33,36)(H,34,37)(H,35,38)/b32-16-. The Morgan fingerprint density at radius 2 is 1.59 bits per heavy atom. The first-order chi connectivity index (χ1) is 19.7. The molecular formula is C29H30Br2N4O6. The number of nitrogens with zero attached hydrogens (tertiary/aromatic N) is 1. The number of aryl methyl sites for hydroxylation is 1. The molecule has 3 N–H and O–H groups in total. The molecule has 3 aromatic rings. The highest BCUT2D eigenvalue weighted by atomic mass is 79.9. The van der Waals surface area contributed by atoms with Crippen molar-refractivity contribution in [3.63, 3.8) is 0 Å². The average Bonchev–Trinajstić information content (AvgIpc) is 2.94. The van der Waals surface area contributed by atoms with Crippen LogP contribution in [0.5, 0.6) is 17.2 Å². The van der Waals surface area contributed by atoms with Gasteiger partial charge in [0.2, 0.25) is 0 Å². The van der Waals surface area contributed by atoms with Crippen LogP contribution < -0.4 is 30.3 Å². The fourth-order valence-corrected chi connectivity index (χ4v) is 4.20. The first-order valence-corrected chi connectivity index (χ1v) is 14.3. The molecule has 0 aliphatic carbocycles. The molecule has 0 aromatic heterocycles. The maximum atomic E-state index is 12.5. The van der Waals surface area contributed by atoms with Gasteiger partial charge in [0, 0.05) is 15.8 Å². The number of amides is 3. The highest BCUT2D eigenvalue weighted by Crippen LogP contribution is 2.36. The molecule has 3 amide bonds. The van der Waals surface area contributed by atoms with E-state index >= 15 is 0 Å². The predicted octanol–water partition coefficient (Wildman–Crippen LogP) is 5.81. The van der Waals surface area contributed by atoms with Crippen molar-refractivity contribution in [2.75, 3.05) is 30.5 Å². The van der Waals surface area contributed by atoms with Crippen molar-refractivity contribution in [1.82, 2.24) is 5.43 Å². The zero-order chi connectivity index (χ0) is 29.8. The fraction of sp³-hybridized carbons (Fsp3) is 0.241. The van der Waals surface area contributed by atoms with Crippen LogP contribution in [0, 0.1) is 6.92 Å². The molecule has 3 rings (SSSR count). The molecule has 12 heteroatoms. The number of anilines is 2. The summed E-state index contributed by atoms with van der Waals surface area (Å²) in [5.74, 6) is -0.781. The topological polar surface area (TPSA) is 127 Å². The van der Waals surface area contributed by atoms with Gasteiger partial charge in [0.15, 0.2) is 18.1 Å². The molecule has 0 aliphatic rings. The lowest BCUT2D eigenvalue weighted by Gasteiger charge is -2.15. The van der Waals surface area contributed by atoms with E-state index in [1.54, 1.807) is 42.5 Å². The van der Waals surface area contributed by atoms with Crippen molar-refractivity contribution >= 4 is 67.2 Å². The number of nitrogens with one attached hydrogen (secondary N) is 3. The normalized spacial score (nSPS) is 10.7. The van der Waals surface area contributed by atoms with Gasteiger partial charge in [-0.1, -0.05) is 22.9 Å². The maximum absolute atomic E-state index is 12.5. The minimum Gasteiger partial charge on any atom is -0.494 e. The van der Waals surface area contributed by atoms with Gasteiger partial charge >= 0.3 is 11.8 Å². The summed E-state index contributed by atoms with van der Waals surface area (Å²) >= 11 is 6.87. The van der Waals surface area contributed by atoms with Crippen LogP contribution in [0.15, 0.2) is 68.6 Å². The van der Waals surface area contributed by atoms with Crippen LogP contribution in [0.1, 0.15) is 31.4 Å². The van der Waals surface area contributed by atoms with E-state index in [0.717, 1.165) is 16.5 Å². The molecule has 0 spiro atoms. The molecule has 216 valence electrons. The van der Waals surface area contributed by atoms with Crippen LogP contribution in [0.2, 0.25) is 0 Å². The summed E-state index contributed by atoms with van der Waals surface area (Å²) in [5, 5.41) is 9.16. The van der Waals surface area contributed by atoms with Crippen LogP contribution in [-0.4, -0.2) is 43.8 Å². The van der Waals surface area contributed by atoms with Crippen molar-refractivity contribution in [3.05, 3.63) is 74.7 Å². The van der Waals surface area contributed by atoms with Crippen LogP contribution in [0.3, 0.4) is 0 Å². The number of carbonyl (C=O) groups is 3. The number of hydrazone groups is 1. The van der Waals surface area contributed by atoms with E-state index in [9.17, 15) is 14.4 Å². The second kappa shape index (κ2) is 15.8. The van der Waals surface area contributed by atoms with Crippen LogP contribution in [0.25, 0.3) is 0 Å². The highest BCUT2D eigenvalue weighted by molar-refractivity contribution is 9.10. The zero-order valence-electron chi connectivity index (χ0n) is 22.8. The van der Waals surface area contributed by atoms with Gasteiger partial charge in [-0.15, -0.1) is 0 Å². The molecule has 41 heavy (non-hydrogen) atoms. The summed E-state index contributed by atoms with van der Waals surface area (Å²) in [5.41, 5.74) is 4.83. The fourth-order valence-electron chi connectivity index (χ4n) is 3.38. The summed E-state index contributed by atoms with van der Waals surface area (Å²) < 4.78 is 18.4. The average molecular weight is 690 g/mol. The summed E-state index contributed by atoms with van der Waals surface area (Å²) in [6.07, 6.45) is 2.23. The van der Waals surface area contributed by atoms with Crippen LogP contribution >= 0.6 is 31.9 Å². The Balaban J connectivity index is 1.57. The molecule has 0 bridgehead atoms. The van der Waals surface area contributed by atoms with E-state index < -0.39 is 11.8 Å². The summed E-state index contributed by atoms with van der Waals surface area (Å²) in [7, 11) is 0. The van der Waals surface area contributed by atoms with E-state index in [1.807, 2.05) is 32.9 Å². The molecular weight excluding hydrogens is 660 g/mol. The summed E-state index contributed by atoms with van der Waals surface area (Å²) in [6, 6.07) is 15.5. The van der Waals surface area contributed by atoms with Crippen LogP contribution in [0.4, 0.5) is 11.4 Å². The lowest BCUT2D eigenvalue weighted by atomic mass is 10.2. The van der Waals surface area contributed by atoms with Crippen molar-refractivity contribution in [2.24, 2.45) is 5.10 Å². The highest BCUT2D eigenvalue weighted by Gasteiger charge is 2.15. The van der Waals surface area contributed by atoms with Crippen LogP contribution in [-0.2, 0) is 14.4 Å². The van der Waals surface area contributed by atoms with Crippen molar-refractivity contribution in [1.29, 1.82) is 0 Å². The third-order valence-electron chi connectivity index (χ3n) is 5.29. The smallest absolute Gasteiger partial charge is 0.329 e. The van der Waals surface area contributed by atoms with Gasteiger partial charge in [-0.3, -0.25) is 14.4 Å². The summed E-state index contributed by atoms with van der Waals surface area (Å²) in [6.45, 7) is 6.43. The van der Waals surface area contributed by atoms with Gasteiger partial charge in [0.05, 0.1) is 23.9 Å². The Morgan fingerprint density at radius 3 is 2.27 bits per heavy atom. The number of hydrogen-bond acceptors (Lipinski definition) is 7. The second-order valence-electron chi connectivity index (χ2n) is 8.59. The van der Waals surface area contributed by atoms with Gasteiger partial charge in [0.1, 0.15) is 5.75 Å². The molecule has 0 heterocycles. The third kappa shape index (κ3) is 9.90. The Kier molecular flexibility index (Phi) is 12.2. The zero-order valence-corrected chi connectivity index (χ0v) is 25.9. The predicted molar refractivity (Wildman–Crippen MR) is 165 cm³/mol. The minimum absolute atomic E-state index is 0.249. The van der Waals surface area contributed by atoms with E-state index in [1.165, 1.54) is 6.21 Å². The first-order valence-electron chi connectivity index (χ1n) is 12.7. The van der Waals surface area contributed by atoms with E-state index in [4.69, 9.17) is 14.2 Å². The van der Waals surface area contributed by atoms with E-state index in [2.05, 4.69) is 53.0 Å². The van der Waals surface area contributed by atoms with Gasteiger partial charge < -0.3 is 24.8 Å². The minimum atomic E-state index is -0.941.